The number of aromatic nitrogens is 2. The Morgan fingerprint density at radius 2 is 1.84 bits per heavy atom. The third kappa shape index (κ3) is 5.43. The van der Waals surface area contributed by atoms with Crippen molar-refractivity contribution < 1.29 is 4.39 Å². The molecular weight excluding hydrogens is 413 g/mol. The summed E-state index contributed by atoms with van der Waals surface area (Å²) in [5.74, 6) is 1.99. The average molecular weight is 442 g/mol. The number of hydrogen-bond acceptors (Lipinski definition) is 5. The Morgan fingerprint density at radius 3 is 2.61 bits per heavy atom. The molecule has 0 atom stereocenters. The zero-order chi connectivity index (χ0) is 21.8. The zero-order valence-corrected chi connectivity index (χ0v) is 18.8. The average Bonchev–Trinajstić information content (AvgIpc) is 2.76. The monoisotopic (exact) mass is 441 g/mol. The van der Waals surface area contributed by atoms with Crippen molar-refractivity contribution in [3.8, 4) is 0 Å². The predicted molar refractivity (Wildman–Crippen MR) is 126 cm³/mol. The predicted octanol–water partition coefficient (Wildman–Crippen LogP) is 5.25. The minimum Gasteiger partial charge on any atom is -0.362 e. The second-order valence-corrected chi connectivity index (χ2v) is 8.92. The molecule has 0 saturated heterocycles. The molecule has 5 nitrogen and oxygen atoms in total. The Kier molecular flexibility index (Phi) is 6.88. The van der Waals surface area contributed by atoms with Gasteiger partial charge in [-0.1, -0.05) is 23.7 Å². The summed E-state index contributed by atoms with van der Waals surface area (Å²) in [7, 11) is 4.02. The molecule has 2 aromatic carbocycles. The van der Waals surface area contributed by atoms with E-state index in [9.17, 15) is 4.39 Å². The zero-order valence-electron chi connectivity index (χ0n) is 18.0. The molecule has 1 aromatic heterocycles. The number of rotatable bonds is 7. The smallest absolute Gasteiger partial charge is 0.225 e. The maximum Gasteiger partial charge on any atom is 0.225 e. The molecule has 0 unspecified atom stereocenters. The molecule has 164 valence electrons. The number of nitrogens with zero attached hydrogens (tertiary/aromatic N) is 3. The minimum absolute atomic E-state index is 0.249. The maximum atomic E-state index is 13.4. The summed E-state index contributed by atoms with van der Waals surface area (Å²) in [4.78, 5) is 11.5. The molecule has 1 saturated carbocycles. The van der Waals surface area contributed by atoms with Crippen LogP contribution in [0.5, 0.6) is 0 Å². The van der Waals surface area contributed by atoms with Crippen LogP contribution in [-0.2, 0) is 6.54 Å². The Bertz CT molecular complexity index is 1030. The van der Waals surface area contributed by atoms with Crippen LogP contribution in [0.4, 0.5) is 16.2 Å². The van der Waals surface area contributed by atoms with Gasteiger partial charge in [0, 0.05) is 37.1 Å². The van der Waals surface area contributed by atoms with Gasteiger partial charge in [-0.2, -0.15) is 4.98 Å². The van der Waals surface area contributed by atoms with Crippen LogP contribution >= 0.6 is 11.6 Å². The number of para-hydroxylation sites is 1. The molecule has 0 amide bonds. The van der Waals surface area contributed by atoms with Gasteiger partial charge in [0.05, 0.1) is 5.52 Å². The second kappa shape index (κ2) is 9.79. The molecule has 2 N–H and O–H groups in total. The number of anilines is 2. The Labute approximate surface area is 188 Å². The van der Waals surface area contributed by atoms with Crippen molar-refractivity contribution in [2.24, 2.45) is 5.92 Å². The SMILES string of the molecule is CN(C)c1nc(NC2CCC(CNCc3cc(F)ccc3Cl)CC2)nc2ccccc12. The van der Waals surface area contributed by atoms with Crippen molar-refractivity contribution in [2.45, 2.75) is 38.3 Å². The molecule has 1 heterocycles. The fourth-order valence-electron chi connectivity index (χ4n) is 4.25. The molecule has 4 rings (SSSR count). The third-order valence-corrected chi connectivity index (χ3v) is 6.31. The van der Waals surface area contributed by atoms with Gasteiger partial charge in [-0.3, -0.25) is 0 Å². The first-order chi connectivity index (χ1) is 15.0. The number of halogens is 2. The second-order valence-electron chi connectivity index (χ2n) is 8.51. The van der Waals surface area contributed by atoms with E-state index < -0.39 is 0 Å². The van der Waals surface area contributed by atoms with Crippen LogP contribution in [0.3, 0.4) is 0 Å². The standard InChI is InChI=1S/C24H29ClFN5/c1-31(2)23-20-5-3-4-6-22(20)29-24(30-23)28-19-10-7-16(8-11-19)14-27-15-17-13-18(26)9-12-21(17)25/h3-6,9,12-13,16,19,27H,7-8,10-11,14-15H2,1-2H3,(H,28,29,30). The van der Waals surface area contributed by atoms with Crippen LogP contribution in [0.15, 0.2) is 42.5 Å². The molecule has 3 aromatic rings. The summed E-state index contributed by atoms with van der Waals surface area (Å²) >= 11 is 6.15. The van der Waals surface area contributed by atoms with Gasteiger partial charge < -0.3 is 15.5 Å². The first kappa shape index (κ1) is 21.8. The molecule has 0 spiro atoms. The number of nitrogens with one attached hydrogen (secondary N) is 2. The van der Waals surface area contributed by atoms with Crippen LogP contribution in [-0.4, -0.2) is 36.6 Å². The lowest BCUT2D eigenvalue weighted by atomic mass is 9.86. The van der Waals surface area contributed by atoms with Gasteiger partial charge in [-0.05, 0) is 74.0 Å². The summed E-state index contributed by atoms with van der Waals surface area (Å²) < 4.78 is 13.4. The van der Waals surface area contributed by atoms with E-state index in [1.807, 2.05) is 37.2 Å². The van der Waals surface area contributed by atoms with Crippen molar-refractivity contribution in [3.63, 3.8) is 0 Å². The molecule has 0 bridgehead atoms. The highest BCUT2D eigenvalue weighted by atomic mass is 35.5. The van der Waals surface area contributed by atoms with Gasteiger partial charge in [-0.25, -0.2) is 9.37 Å². The van der Waals surface area contributed by atoms with Crippen molar-refractivity contribution in [2.75, 3.05) is 30.9 Å². The molecule has 1 fully saturated rings. The highest BCUT2D eigenvalue weighted by molar-refractivity contribution is 6.31. The van der Waals surface area contributed by atoms with Crippen molar-refractivity contribution in [1.82, 2.24) is 15.3 Å². The minimum atomic E-state index is -0.249. The quantitative estimate of drug-likeness (QED) is 0.524. The van der Waals surface area contributed by atoms with Crippen molar-refractivity contribution in [1.29, 1.82) is 0 Å². The Morgan fingerprint density at radius 1 is 1.06 bits per heavy atom. The Balaban J connectivity index is 1.30. The van der Waals surface area contributed by atoms with E-state index in [0.29, 0.717) is 29.5 Å². The van der Waals surface area contributed by atoms with Gasteiger partial charge in [0.1, 0.15) is 11.6 Å². The summed E-state index contributed by atoms with van der Waals surface area (Å²) in [6.45, 7) is 1.50. The molecular formula is C24H29ClFN5. The maximum absolute atomic E-state index is 13.4. The first-order valence-electron chi connectivity index (χ1n) is 10.8. The fraction of sp³-hybridized carbons (Fsp3) is 0.417. The molecule has 0 aliphatic heterocycles. The van der Waals surface area contributed by atoms with Gasteiger partial charge in [0.25, 0.3) is 0 Å². The summed E-state index contributed by atoms with van der Waals surface area (Å²) in [6.07, 6.45) is 4.44. The van der Waals surface area contributed by atoms with E-state index in [1.165, 1.54) is 12.1 Å². The van der Waals surface area contributed by atoms with Gasteiger partial charge in [0.2, 0.25) is 5.95 Å². The van der Waals surface area contributed by atoms with Crippen LogP contribution in [0.2, 0.25) is 5.02 Å². The van der Waals surface area contributed by atoms with E-state index in [4.69, 9.17) is 21.6 Å². The summed E-state index contributed by atoms with van der Waals surface area (Å²) in [5, 5.41) is 8.67. The van der Waals surface area contributed by atoms with E-state index in [0.717, 1.165) is 54.5 Å². The molecule has 1 aliphatic carbocycles. The molecule has 7 heteroatoms. The molecule has 1 aliphatic rings. The number of benzene rings is 2. The van der Waals surface area contributed by atoms with Crippen LogP contribution < -0.4 is 15.5 Å². The topological polar surface area (TPSA) is 53.1 Å². The first-order valence-corrected chi connectivity index (χ1v) is 11.2. The fourth-order valence-corrected chi connectivity index (χ4v) is 4.43. The van der Waals surface area contributed by atoms with Crippen LogP contribution in [0.1, 0.15) is 31.2 Å². The van der Waals surface area contributed by atoms with Crippen LogP contribution in [0.25, 0.3) is 10.9 Å². The summed E-state index contributed by atoms with van der Waals surface area (Å²) in [6, 6.07) is 13.0. The van der Waals surface area contributed by atoms with E-state index >= 15 is 0 Å². The largest absolute Gasteiger partial charge is 0.362 e. The highest BCUT2D eigenvalue weighted by Gasteiger charge is 2.22. The molecule has 0 radical (unpaired) electrons. The van der Waals surface area contributed by atoms with E-state index in [1.54, 1.807) is 6.07 Å². The van der Waals surface area contributed by atoms with Gasteiger partial charge >= 0.3 is 0 Å². The molecule has 31 heavy (non-hydrogen) atoms. The lowest BCUT2D eigenvalue weighted by Crippen LogP contribution is -2.31. The van der Waals surface area contributed by atoms with Crippen LogP contribution in [0, 0.1) is 11.7 Å². The Hall–Kier alpha value is -2.44. The van der Waals surface area contributed by atoms with Crippen molar-refractivity contribution in [3.05, 3.63) is 58.9 Å². The normalized spacial score (nSPS) is 18.8. The lowest BCUT2D eigenvalue weighted by Gasteiger charge is -2.29. The number of fused-ring (bicyclic) bond motifs is 1. The number of hydrogen-bond donors (Lipinski definition) is 2. The lowest BCUT2D eigenvalue weighted by molar-refractivity contribution is 0.323. The van der Waals surface area contributed by atoms with Gasteiger partial charge in [0.15, 0.2) is 0 Å². The van der Waals surface area contributed by atoms with Gasteiger partial charge in [-0.15, -0.1) is 0 Å². The van der Waals surface area contributed by atoms with Crippen molar-refractivity contribution >= 4 is 34.3 Å². The third-order valence-electron chi connectivity index (χ3n) is 5.94. The van der Waals surface area contributed by atoms with E-state index in [-0.39, 0.29) is 5.82 Å². The van der Waals surface area contributed by atoms with E-state index in [2.05, 4.69) is 16.7 Å². The highest BCUT2D eigenvalue weighted by Crippen LogP contribution is 2.28. The summed E-state index contributed by atoms with van der Waals surface area (Å²) in [5.41, 5.74) is 1.76.